The molecule has 0 aliphatic carbocycles. The van der Waals surface area contributed by atoms with Gasteiger partial charge in [0.05, 0.1) is 6.10 Å². The summed E-state index contributed by atoms with van der Waals surface area (Å²) >= 11 is 1.70. The minimum Gasteiger partial charge on any atom is -0.479 e. The highest BCUT2D eigenvalue weighted by atomic mass is 32.1. The van der Waals surface area contributed by atoms with Crippen molar-refractivity contribution < 1.29 is 14.6 Å². The van der Waals surface area contributed by atoms with E-state index in [-0.39, 0.29) is 6.10 Å². The highest BCUT2D eigenvalue weighted by Gasteiger charge is 2.29. The number of carboxylic acid groups (broad SMARTS) is 1. The van der Waals surface area contributed by atoms with Gasteiger partial charge < -0.3 is 15.2 Å². The smallest absolute Gasteiger partial charge is 0.332 e. The van der Waals surface area contributed by atoms with Gasteiger partial charge in [-0.3, -0.25) is 0 Å². The second-order valence-electron chi connectivity index (χ2n) is 4.37. The van der Waals surface area contributed by atoms with E-state index in [0.29, 0.717) is 6.42 Å². The molecule has 0 aromatic carbocycles. The first-order valence-electron chi connectivity index (χ1n) is 5.77. The summed E-state index contributed by atoms with van der Waals surface area (Å²) < 4.78 is 5.41. The highest BCUT2D eigenvalue weighted by Crippen LogP contribution is 2.19. The summed E-state index contributed by atoms with van der Waals surface area (Å²) in [6.45, 7) is 3.64. The third-order valence-electron chi connectivity index (χ3n) is 3.03. The summed E-state index contributed by atoms with van der Waals surface area (Å²) in [5, 5.41) is 16.4. The molecule has 1 aliphatic heterocycles. The Morgan fingerprint density at radius 1 is 1.59 bits per heavy atom. The Labute approximate surface area is 105 Å². The van der Waals surface area contributed by atoms with Crippen molar-refractivity contribution in [1.29, 1.82) is 0 Å². The number of aryl methyl sites for hydroxylation is 1. The van der Waals surface area contributed by atoms with Crippen LogP contribution in [0.15, 0.2) is 10.8 Å². The van der Waals surface area contributed by atoms with E-state index in [2.05, 4.69) is 23.0 Å². The van der Waals surface area contributed by atoms with Crippen molar-refractivity contribution in [1.82, 2.24) is 5.32 Å². The van der Waals surface area contributed by atoms with Gasteiger partial charge in [0.2, 0.25) is 0 Å². The molecule has 0 spiro atoms. The van der Waals surface area contributed by atoms with Crippen LogP contribution in [-0.2, 0) is 16.1 Å². The van der Waals surface area contributed by atoms with E-state index in [0.717, 1.165) is 19.5 Å². The molecular formula is C12H17NO3S. The van der Waals surface area contributed by atoms with Gasteiger partial charge >= 0.3 is 5.97 Å². The normalized spacial score (nSPS) is 24.1. The molecule has 4 nitrogen and oxygen atoms in total. The van der Waals surface area contributed by atoms with Crippen molar-refractivity contribution in [3.05, 3.63) is 21.9 Å². The van der Waals surface area contributed by atoms with Crippen molar-refractivity contribution in [2.75, 3.05) is 6.54 Å². The summed E-state index contributed by atoms with van der Waals surface area (Å²) in [6.07, 6.45) is 0.880. The van der Waals surface area contributed by atoms with Gasteiger partial charge in [0.15, 0.2) is 6.10 Å². The monoisotopic (exact) mass is 255 g/mol. The van der Waals surface area contributed by atoms with E-state index in [1.807, 2.05) is 0 Å². The molecule has 1 fully saturated rings. The zero-order valence-electron chi connectivity index (χ0n) is 9.81. The second kappa shape index (κ2) is 5.62. The van der Waals surface area contributed by atoms with Crippen LogP contribution in [0.4, 0.5) is 0 Å². The Balaban J connectivity index is 1.70. The molecule has 2 rings (SSSR count). The molecule has 94 valence electrons. The maximum atomic E-state index is 10.7. The lowest BCUT2D eigenvalue weighted by Crippen LogP contribution is -2.28. The summed E-state index contributed by atoms with van der Waals surface area (Å²) in [6, 6.07) is 0. The molecule has 1 aliphatic rings. The van der Waals surface area contributed by atoms with Crippen LogP contribution in [0.1, 0.15) is 24.0 Å². The minimum absolute atomic E-state index is 0.0371. The number of hydrogen-bond acceptors (Lipinski definition) is 4. The SMILES string of the molecule is Cc1cscc1CNCC1CCC(C(=O)O)O1. The lowest BCUT2D eigenvalue weighted by molar-refractivity contribution is -0.149. The van der Waals surface area contributed by atoms with Crippen molar-refractivity contribution in [3.63, 3.8) is 0 Å². The number of hydrogen-bond donors (Lipinski definition) is 2. The molecule has 2 atom stereocenters. The second-order valence-corrected chi connectivity index (χ2v) is 5.12. The number of ether oxygens (including phenoxy) is 1. The lowest BCUT2D eigenvalue weighted by atomic mass is 10.2. The van der Waals surface area contributed by atoms with Crippen LogP contribution in [0, 0.1) is 6.92 Å². The van der Waals surface area contributed by atoms with Crippen molar-refractivity contribution in [2.24, 2.45) is 0 Å². The first kappa shape index (κ1) is 12.5. The largest absolute Gasteiger partial charge is 0.479 e. The van der Waals surface area contributed by atoms with Crippen LogP contribution in [-0.4, -0.2) is 29.8 Å². The average Bonchev–Trinajstić information content (AvgIpc) is 2.89. The van der Waals surface area contributed by atoms with Crippen molar-refractivity contribution in [2.45, 2.75) is 38.5 Å². The molecule has 2 heterocycles. The quantitative estimate of drug-likeness (QED) is 0.842. The number of carboxylic acids is 1. The third-order valence-corrected chi connectivity index (χ3v) is 3.94. The van der Waals surface area contributed by atoms with Gasteiger partial charge in [0.25, 0.3) is 0 Å². The summed E-state index contributed by atoms with van der Waals surface area (Å²) in [5.41, 5.74) is 2.61. The standard InChI is InChI=1S/C12H17NO3S/c1-8-6-17-7-9(8)4-13-5-10-2-3-11(16-10)12(14)15/h6-7,10-11,13H,2-5H2,1H3,(H,14,15). The molecule has 5 heteroatoms. The zero-order chi connectivity index (χ0) is 12.3. The van der Waals surface area contributed by atoms with E-state index in [1.54, 1.807) is 11.3 Å². The molecule has 0 amide bonds. The molecule has 0 radical (unpaired) electrons. The molecule has 1 aromatic heterocycles. The van der Waals surface area contributed by atoms with Crippen LogP contribution in [0.5, 0.6) is 0 Å². The van der Waals surface area contributed by atoms with E-state index in [4.69, 9.17) is 9.84 Å². The Kier molecular flexibility index (Phi) is 4.15. The molecule has 0 bridgehead atoms. The Morgan fingerprint density at radius 3 is 3.00 bits per heavy atom. The predicted molar refractivity (Wildman–Crippen MR) is 66.3 cm³/mol. The molecule has 2 unspecified atom stereocenters. The van der Waals surface area contributed by atoms with Gasteiger partial charge in [-0.25, -0.2) is 4.79 Å². The topological polar surface area (TPSA) is 58.6 Å². The maximum absolute atomic E-state index is 10.7. The fraction of sp³-hybridized carbons (Fsp3) is 0.583. The third kappa shape index (κ3) is 3.28. The Morgan fingerprint density at radius 2 is 2.41 bits per heavy atom. The zero-order valence-corrected chi connectivity index (χ0v) is 10.6. The molecular weight excluding hydrogens is 238 g/mol. The molecule has 1 saturated heterocycles. The molecule has 1 aromatic rings. The van der Waals surface area contributed by atoms with E-state index < -0.39 is 12.1 Å². The first-order chi connectivity index (χ1) is 8.16. The average molecular weight is 255 g/mol. The molecule has 17 heavy (non-hydrogen) atoms. The summed E-state index contributed by atoms with van der Waals surface area (Å²) in [7, 11) is 0. The van der Waals surface area contributed by atoms with Gasteiger partial charge in [-0.15, -0.1) is 0 Å². The van der Waals surface area contributed by atoms with Crippen LogP contribution in [0.25, 0.3) is 0 Å². The number of carbonyl (C=O) groups is 1. The van der Waals surface area contributed by atoms with Crippen molar-refractivity contribution in [3.8, 4) is 0 Å². The van der Waals surface area contributed by atoms with Crippen LogP contribution in [0.3, 0.4) is 0 Å². The predicted octanol–water partition coefficient (Wildman–Crippen LogP) is 1.78. The van der Waals surface area contributed by atoms with Gasteiger partial charge in [-0.1, -0.05) is 0 Å². The van der Waals surface area contributed by atoms with E-state index in [1.165, 1.54) is 11.1 Å². The number of rotatable bonds is 5. The Bertz CT molecular complexity index is 391. The van der Waals surface area contributed by atoms with Gasteiger partial charge in [0, 0.05) is 13.1 Å². The van der Waals surface area contributed by atoms with Gasteiger partial charge in [-0.2, -0.15) is 11.3 Å². The molecule has 2 N–H and O–H groups in total. The summed E-state index contributed by atoms with van der Waals surface area (Å²) in [4.78, 5) is 10.7. The van der Waals surface area contributed by atoms with Crippen LogP contribution in [0.2, 0.25) is 0 Å². The molecule has 0 saturated carbocycles. The van der Waals surface area contributed by atoms with E-state index in [9.17, 15) is 4.79 Å². The highest BCUT2D eigenvalue weighted by molar-refractivity contribution is 7.08. The fourth-order valence-corrected chi connectivity index (χ4v) is 2.83. The summed E-state index contributed by atoms with van der Waals surface area (Å²) in [5.74, 6) is -0.846. The van der Waals surface area contributed by atoms with Gasteiger partial charge in [0.1, 0.15) is 0 Å². The Hall–Kier alpha value is -0.910. The number of thiophene rings is 1. The minimum atomic E-state index is -0.846. The lowest BCUT2D eigenvalue weighted by Gasteiger charge is -2.12. The first-order valence-corrected chi connectivity index (χ1v) is 6.71. The number of nitrogens with one attached hydrogen (secondary N) is 1. The van der Waals surface area contributed by atoms with Crippen LogP contribution >= 0.6 is 11.3 Å². The van der Waals surface area contributed by atoms with Crippen LogP contribution < -0.4 is 5.32 Å². The van der Waals surface area contributed by atoms with Gasteiger partial charge in [-0.05, 0) is 41.7 Å². The van der Waals surface area contributed by atoms with Crippen molar-refractivity contribution >= 4 is 17.3 Å². The number of aliphatic carboxylic acids is 1. The fourth-order valence-electron chi connectivity index (χ4n) is 1.97. The van der Waals surface area contributed by atoms with E-state index >= 15 is 0 Å². The maximum Gasteiger partial charge on any atom is 0.332 e.